The van der Waals surface area contributed by atoms with Crippen molar-refractivity contribution in [2.24, 2.45) is 0 Å². The van der Waals surface area contributed by atoms with Gasteiger partial charge in [-0.15, -0.1) is 0 Å². The second kappa shape index (κ2) is 7.44. The van der Waals surface area contributed by atoms with E-state index in [1.54, 1.807) is 5.32 Å². The molecule has 2 aromatic rings. The second-order valence-corrected chi connectivity index (χ2v) is 9.35. The summed E-state index contributed by atoms with van der Waals surface area (Å²) in [4.78, 5) is 19.5. The minimum absolute atomic E-state index is 0.0619. The summed E-state index contributed by atoms with van der Waals surface area (Å²) < 4.78 is 109. The normalized spacial score (nSPS) is 16.2. The molecule has 16 heteroatoms. The van der Waals surface area contributed by atoms with E-state index in [1.165, 1.54) is 0 Å². The van der Waals surface area contributed by atoms with Gasteiger partial charge in [0.2, 0.25) is 0 Å². The van der Waals surface area contributed by atoms with Crippen molar-refractivity contribution in [3.05, 3.63) is 58.1 Å². The van der Waals surface area contributed by atoms with Gasteiger partial charge in [-0.05, 0) is 25.1 Å². The van der Waals surface area contributed by atoms with Crippen LogP contribution >= 0.6 is 10.2 Å². The fourth-order valence-electron chi connectivity index (χ4n) is 2.34. The smallest absolute Gasteiger partial charge is 0.418 e. The van der Waals surface area contributed by atoms with Crippen molar-refractivity contribution < 1.29 is 52.2 Å². The SMILES string of the molecule is CC(O)(COc1cccc(S(F)(F)(F)(F)F)c1)C(=O)Nc1ccc([N+](=O)[O-])cc1C(F)(F)F. The standard InChI is InChI=1S/C17H14F8N2O5S/c1-16(29,9-32-11-3-2-4-12(8-11)33(21,22,23,24)25)15(28)26-14-6-5-10(27(30)31)7-13(14)17(18,19)20/h2-8,29H,9H2,1H3,(H,26,28). The van der Waals surface area contributed by atoms with Gasteiger partial charge in [0, 0.05) is 18.2 Å². The summed E-state index contributed by atoms with van der Waals surface area (Å²) in [5.74, 6) is -2.33. The number of halogens is 8. The van der Waals surface area contributed by atoms with Crippen molar-refractivity contribution in [1.29, 1.82) is 0 Å². The molecule has 0 saturated heterocycles. The number of aliphatic hydroxyl groups is 1. The highest BCUT2D eigenvalue weighted by Crippen LogP contribution is 3.02. The molecule has 0 aromatic heterocycles. The van der Waals surface area contributed by atoms with Crippen molar-refractivity contribution in [3.63, 3.8) is 0 Å². The van der Waals surface area contributed by atoms with E-state index in [1.807, 2.05) is 0 Å². The first-order valence-corrected chi connectivity index (χ1v) is 10.4. The van der Waals surface area contributed by atoms with Crippen molar-refractivity contribution in [2.75, 3.05) is 11.9 Å². The second-order valence-electron chi connectivity index (χ2n) is 6.95. The zero-order valence-corrected chi connectivity index (χ0v) is 17.0. The quantitative estimate of drug-likeness (QED) is 0.269. The summed E-state index contributed by atoms with van der Waals surface area (Å²) in [7, 11) is -10.0. The predicted molar refractivity (Wildman–Crippen MR) is 101 cm³/mol. The summed E-state index contributed by atoms with van der Waals surface area (Å²) in [5, 5.41) is 22.6. The maximum atomic E-state index is 13.2. The molecule has 0 aliphatic carbocycles. The van der Waals surface area contributed by atoms with Crippen LogP contribution in [0.5, 0.6) is 5.75 Å². The van der Waals surface area contributed by atoms with Crippen molar-refractivity contribution >= 4 is 27.5 Å². The van der Waals surface area contributed by atoms with E-state index in [0.717, 1.165) is 13.0 Å². The maximum absolute atomic E-state index is 13.2. The molecule has 0 aliphatic rings. The number of non-ortho nitro benzene ring substituents is 1. The van der Waals surface area contributed by atoms with E-state index in [9.17, 15) is 52.6 Å². The van der Waals surface area contributed by atoms with Crippen molar-refractivity contribution in [1.82, 2.24) is 0 Å². The van der Waals surface area contributed by atoms with E-state index in [2.05, 4.69) is 0 Å². The Morgan fingerprint density at radius 2 is 1.73 bits per heavy atom. The molecule has 2 aromatic carbocycles. The fraction of sp³-hybridized carbons (Fsp3) is 0.235. The number of nitrogens with one attached hydrogen (secondary N) is 1. The Kier molecular flexibility index (Phi) is 5.89. The van der Waals surface area contributed by atoms with E-state index in [4.69, 9.17) is 4.74 Å². The third kappa shape index (κ3) is 6.67. The average molecular weight is 510 g/mol. The van der Waals surface area contributed by atoms with Gasteiger partial charge in [0.1, 0.15) is 17.3 Å². The largest absolute Gasteiger partial charge is 0.490 e. The van der Waals surface area contributed by atoms with Crippen LogP contribution in [0.2, 0.25) is 0 Å². The lowest BCUT2D eigenvalue weighted by molar-refractivity contribution is -0.385. The number of hydrogen-bond acceptors (Lipinski definition) is 5. The zero-order valence-electron chi connectivity index (χ0n) is 16.2. The van der Waals surface area contributed by atoms with E-state index in [0.29, 0.717) is 18.2 Å². The van der Waals surface area contributed by atoms with E-state index >= 15 is 0 Å². The monoisotopic (exact) mass is 510 g/mol. The van der Waals surface area contributed by atoms with Crippen LogP contribution in [0.1, 0.15) is 12.5 Å². The molecule has 0 fully saturated rings. The Bertz CT molecular complexity index is 1100. The molecule has 1 unspecified atom stereocenters. The fourth-order valence-corrected chi connectivity index (χ4v) is 3.01. The Morgan fingerprint density at radius 3 is 2.24 bits per heavy atom. The molecular weight excluding hydrogens is 496 g/mol. The molecule has 0 spiro atoms. The summed E-state index contributed by atoms with van der Waals surface area (Å²) >= 11 is 0. The van der Waals surface area contributed by atoms with E-state index < -0.39 is 67.0 Å². The van der Waals surface area contributed by atoms with Crippen LogP contribution in [0.4, 0.5) is 44.0 Å². The summed E-state index contributed by atoms with van der Waals surface area (Å²) in [5.41, 5.74) is -6.15. The van der Waals surface area contributed by atoms with Crippen LogP contribution in [-0.4, -0.2) is 28.1 Å². The maximum Gasteiger partial charge on any atom is 0.418 e. The number of alkyl halides is 3. The molecule has 184 valence electrons. The van der Waals surface area contributed by atoms with Gasteiger partial charge in [0.05, 0.1) is 16.2 Å². The number of carbonyl (C=O) groups is 1. The Labute approximate surface area is 179 Å². The number of nitrogens with zero attached hydrogens (tertiary/aromatic N) is 1. The first-order valence-electron chi connectivity index (χ1n) is 8.46. The molecular formula is C17H14F8N2O5S. The highest BCUT2D eigenvalue weighted by molar-refractivity contribution is 8.45. The van der Waals surface area contributed by atoms with Gasteiger partial charge >= 0.3 is 16.4 Å². The Balaban J connectivity index is 2.23. The number of nitro benzene ring substituents is 1. The number of nitro groups is 1. The van der Waals surface area contributed by atoms with Gasteiger partial charge in [0.15, 0.2) is 5.60 Å². The van der Waals surface area contributed by atoms with Crippen molar-refractivity contribution in [2.45, 2.75) is 23.6 Å². The summed E-state index contributed by atoms with van der Waals surface area (Å²) in [6, 6.07) is 2.80. The Hall–Kier alpha value is -3.14. The van der Waals surface area contributed by atoms with Crippen LogP contribution in [0.15, 0.2) is 47.4 Å². The van der Waals surface area contributed by atoms with Crippen LogP contribution in [0.25, 0.3) is 0 Å². The minimum atomic E-state index is -10.0. The first-order chi connectivity index (χ1) is 14.6. The topological polar surface area (TPSA) is 102 Å². The summed E-state index contributed by atoms with van der Waals surface area (Å²) in [6.45, 7) is -0.410. The molecule has 0 radical (unpaired) electrons. The molecule has 1 amide bonds. The van der Waals surface area contributed by atoms with Crippen LogP contribution in [0, 0.1) is 10.1 Å². The average Bonchev–Trinajstić information content (AvgIpc) is 2.64. The van der Waals surface area contributed by atoms with Crippen LogP contribution in [-0.2, 0) is 11.0 Å². The number of ether oxygens (including phenoxy) is 1. The highest BCUT2D eigenvalue weighted by atomic mass is 32.5. The number of anilines is 1. The van der Waals surface area contributed by atoms with Crippen LogP contribution < -0.4 is 10.1 Å². The molecule has 2 rings (SSSR count). The third-order valence-electron chi connectivity index (χ3n) is 4.03. The molecule has 0 aliphatic heterocycles. The summed E-state index contributed by atoms with van der Waals surface area (Å²) in [6.07, 6.45) is -5.14. The first kappa shape index (κ1) is 26.1. The van der Waals surface area contributed by atoms with Gasteiger partial charge in [-0.1, -0.05) is 25.5 Å². The number of rotatable bonds is 7. The minimum Gasteiger partial charge on any atom is -0.490 e. The lowest BCUT2D eigenvalue weighted by Crippen LogP contribution is -2.45. The van der Waals surface area contributed by atoms with Gasteiger partial charge < -0.3 is 15.2 Å². The van der Waals surface area contributed by atoms with Gasteiger partial charge in [-0.25, -0.2) is 0 Å². The molecule has 0 bridgehead atoms. The lowest BCUT2D eigenvalue weighted by Gasteiger charge is -2.40. The molecule has 1 atom stereocenters. The zero-order chi connectivity index (χ0) is 25.5. The molecule has 33 heavy (non-hydrogen) atoms. The predicted octanol–water partition coefficient (Wildman–Crippen LogP) is 6.04. The Morgan fingerprint density at radius 1 is 1.12 bits per heavy atom. The van der Waals surface area contributed by atoms with Gasteiger partial charge in [0.25, 0.3) is 11.6 Å². The number of benzene rings is 2. The van der Waals surface area contributed by atoms with E-state index in [-0.39, 0.29) is 18.2 Å². The highest BCUT2D eigenvalue weighted by Gasteiger charge is 2.65. The van der Waals surface area contributed by atoms with Crippen molar-refractivity contribution in [3.8, 4) is 5.75 Å². The third-order valence-corrected chi connectivity index (χ3v) is 5.17. The number of carbonyl (C=O) groups excluding carboxylic acids is 1. The molecule has 7 nitrogen and oxygen atoms in total. The van der Waals surface area contributed by atoms with Gasteiger partial charge in [-0.2, -0.15) is 13.2 Å². The molecule has 2 N–H and O–H groups in total. The lowest BCUT2D eigenvalue weighted by atomic mass is 10.1. The van der Waals surface area contributed by atoms with Crippen LogP contribution in [0.3, 0.4) is 0 Å². The number of amides is 1. The number of hydrogen-bond donors (Lipinski definition) is 2. The molecule has 0 saturated carbocycles. The molecule has 0 heterocycles. The van der Waals surface area contributed by atoms with Gasteiger partial charge in [-0.3, -0.25) is 14.9 Å².